The number of rotatable bonds is 6. The van der Waals surface area contributed by atoms with Crippen molar-refractivity contribution in [3.8, 4) is 5.75 Å². The molecule has 2 rings (SSSR count). The van der Waals surface area contributed by atoms with Gasteiger partial charge in [0, 0.05) is 26.4 Å². The van der Waals surface area contributed by atoms with E-state index >= 15 is 0 Å². The number of carbonyl (C=O) groups is 1. The minimum absolute atomic E-state index is 0.206. The van der Waals surface area contributed by atoms with E-state index in [-0.39, 0.29) is 23.5 Å². The first-order chi connectivity index (χ1) is 10.1. The lowest BCUT2D eigenvalue weighted by molar-refractivity contribution is 0.101. The minimum atomic E-state index is -0.422. The molecule has 9 heteroatoms. The number of anilines is 1. The monoisotopic (exact) mass is 310 g/mol. The summed E-state index contributed by atoms with van der Waals surface area (Å²) in [5.74, 6) is -0.216. The summed E-state index contributed by atoms with van der Waals surface area (Å²) in [6.45, 7) is 0.593. The molecule has 0 aromatic carbocycles. The van der Waals surface area contributed by atoms with E-state index in [4.69, 9.17) is 9.47 Å². The standard InChI is InChI=1S/C12H14N4O4S/c1-16-6-8(11(18)14-12-15-13-7-21-12)9(5-10(16)17)20-4-3-19-2/h5-7H,3-4H2,1-2H3,(H,14,15,18). The van der Waals surface area contributed by atoms with Crippen LogP contribution in [0.3, 0.4) is 0 Å². The highest BCUT2D eigenvalue weighted by Gasteiger charge is 2.16. The van der Waals surface area contributed by atoms with E-state index in [1.807, 2.05) is 0 Å². The number of nitrogens with zero attached hydrogens (tertiary/aromatic N) is 3. The van der Waals surface area contributed by atoms with Crippen LogP contribution in [0.25, 0.3) is 0 Å². The van der Waals surface area contributed by atoms with Gasteiger partial charge in [-0.05, 0) is 0 Å². The summed E-state index contributed by atoms with van der Waals surface area (Å²) in [7, 11) is 3.10. The van der Waals surface area contributed by atoms with E-state index in [0.29, 0.717) is 11.7 Å². The predicted molar refractivity (Wildman–Crippen MR) is 76.9 cm³/mol. The molecule has 8 nitrogen and oxygen atoms in total. The lowest BCUT2D eigenvalue weighted by Crippen LogP contribution is -2.22. The number of ether oxygens (including phenoxy) is 2. The molecule has 2 heterocycles. The summed E-state index contributed by atoms with van der Waals surface area (Å²) in [6.07, 6.45) is 1.42. The van der Waals surface area contributed by atoms with Gasteiger partial charge in [0.1, 0.15) is 17.9 Å². The second-order valence-corrected chi connectivity index (χ2v) is 4.87. The molecule has 0 aliphatic rings. The van der Waals surface area contributed by atoms with E-state index in [0.717, 1.165) is 0 Å². The van der Waals surface area contributed by atoms with Crippen LogP contribution >= 0.6 is 11.3 Å². The van der Waals surface area contributed by atoms with Crippen LogP contribution in [0.1, 0.15) is 10.4 Å². The maximum atomic E-state index is 12.2. The van der Waals surface area contributed by atoms with Crippen molar-refractivity contribution in [1.29, 1.82) is 0 Å². The van der Waals surface area contributed by atoms with Crippen molar-refractivity contribution in [3.05, 3.63) is 33.7 Å². The van der Waals surface area contributed by atoms with Crippen molar-refractivity contribution in [1.82, 2.24) is 14.8 Å². The SMILES string of the molecule is COCCOc1cc(=O)n(C)cc1C(=O)Nc1nncs1. The summed E-state index contributed by atoms with van der Waals surface area (Å²) >= 11 is 1.20. The summed E-state index contributed by atoms with van der Waals surface area (Å²) in [6, 6.07) is 1.27. The van der Waals surface area contributed by atoms with E-state index in [1.165, 1.54) is 40.8 Å². The van der Waals surface area contributed by atoms with E-state index in [2.05, 4.69) is 15.5 Å². The number of hydrogen-bond donors (Lipinski definition) is 1. The summed E-state index contributed by atoms with van der Waals surface area (Å²) in [5, 5.41) is 10.3. The highest BCUT2D eigenvalue weighted by atomic mass is 32.1. The molecule has 0 bridgehead atoms. The lowest BCUT2D eigenvalue weighted by Gasteiger charge is -2.11. The van der Waals surface area contributed by atoms with Gasteiger partial charge in [-0.15, -0.1) is 10.2 Å². The third kappa shape index (κ3) is 3.86. The zero-order valence-electron chi connectivity index (χ0n) is 11.5. The number of amides is 1. The quantitative estimate of drug-likeness (QED) is 0.781. The normalized spacial score (nSPS) is 10.4. The zero-order chi connectivity index (χ0) is 15.2. The van der Waals surface area contributed by atoms with Crippen molar-refractivity contribution >= 4 is 22.4 Å². The molecule has 0 saturated heterocycles. The van der Waals surface area contributed by atoms with E-state index in [9.17, 15) is 9.59 Å². The van der Waals surface area contributed by atoms with Gasteiger partial charge in [-0.2, -0.15) is 0 Å². The number of hydrogen-bond acceptors (Lipinski definition) is 7. The second-order valence-electron chi connectivity index (χ2n) is 4.04. The molecule has 2 aromatic heterocycles. The number of aromatic nitrogens is 3. The fourth-order valence-electron chi connectivity index (χ4n) is 1.53. The molecule has 0 aliphatic heterocycles. The van der Waals surface area contributed by atoms with Crippen molar-refractivity contribution < 1.29 is 14.3 Å². The molecule has 0 saturated carbocycles. The Bertz CT molecular complexity index is 668. The summed E-state index contributed by atoms with van der Waals surface area (Å²) < 4.78 is 11.6. The van der Waals surface area contributed by atoms with Crippen molar-refractivity contribution in [2.45, 2.75) is 0 Å². The highest BCUT2D eigenvalue weighted by Crippen LogP contribution is 2.18. The van der Waals surface area contributed by atoms with Gasteiger partial charge >= 0.3 is 0 Å². The zero-order valence-corrected chi connectivity index (χ0v) is 12.3. The Morgan fingerprint density at radius 1 is 1.48 bits per heavy atom. The molecule has 1 N–H and O–H groups in total. The van der Waals surface area contributed by atoms with Gasteiger partial charge in [-0.25, -0.2) is 0 Å². The average Bonchev–Trinajstić information content (AvgIpc) is 2.95. The third-order valence-electron chi connectivity index (χ3n) is 2.56. The number of pyridine rings is 1. The van der Waals surface area contributed by atoms with Gasteiger partial charge in [0.25, 0.3) is 11.5 Å². The number of methoxy groups -OCH3 is 1. The van der Waals surface area contributed by atoms with Crippen LogP contribution in [-0.4, -0.2) is 41.0 Å². The van der Waals surface area contributed by atoms with Gasteiger partial charge in [-0.1, -0.05) is 11.3 Å². The minimum Gasteiger partial charge on any atom is -0.490 e. The van der Waals surface area contributed by atoms with Crippen LogP contribution in [0, 0.1) is 0 Å². The first kappa shape index (κ1) is 15.1. The molecule has 0 atom stereocenters. The molecule has 0 radical (unpaired) electrons. The van der Waals surface area contributed by atoms with Crippen LogP contribution < -0.4 is 15.6 Å². The molecule has 0 unspecified atom stereocenters. The van der Waals surface area contributed by atoms with Gasteiger partial charge in [0.15, 0.2) is 0 Å². The van der Waals surface area contributed by atoms with E-state index in [1.54, 1.807) is 7.05 Å². The Kier molecular flexibility index (Phi) is 5.01. The topological polar surface area (TPSA) is 95.3 Å². The molecule has 2 aromatic rings. The Morgan fingerprint density at radius 3 is 2.95 bits per heavy atom. The lowest BCUT2D eigenvalue weighted by atomic mass is 10.2. The molecule has 0 aliphatic carbocycles. The van der Waals surface area contributed by atoms with E-state index < -0.39 is 5.91 Å². The van der Waals surface area contributed by atoms with Crippen molar-refractivity contribution in [3.63, 3.8) is 0 Å². The third-order valence-corrected chi connectivity index (χ3v) is 3.17. The van der Waals surface area contributed by atoms with Crippen LogP contribution in [-0.2, 0) is 11.8 Å². The largest absolute Gasteiger partial charge is 0.490 e. The molecule has 21 heavy (non-hydrogen) atoms. The summed E-state index contributed by atoms with van der Waals surface area (Å²) in [4.78, 5) is 23.9. The molecule has 112 valence electrons. The Morgan fingerprint density at radius 2 is 2.29 bits per heavy atom. The smallest absolute Gasteiger partial charge is 0.262 e. The number of aryl methyl sites for hydroxylation is 1. The Labute approximate surface area is 124 Å². The van der Waals surface area contributed by atoms with Gasteiger partial charge in [0.2, 0.25) is 5.13 Å². The Balaban J connectivity index is 2.25. The van der Waals surface area contributed by atoms with Crippen LogP contribution in [0.4, 0.5) is 5.13 Å². The number of nitrogens with one attached hydrogen (secondary N) is 1. The van der Waals surface area contributed by atoms with Gasteiger partial charge < -0.3 is 14.0 Å². The maximum Gasteiger partial charge on any atom is 0.262 e. The predicted octanol–water partition coefficient (Wildman–Crippen LogP) is 0.514. The van der Waals surface area contributed by atoms with Crippen LogP contribution in [0.2, 0.25) is 0 Å². The second kappa shape index (κ2) is 6.95. The molecule has 1 amide bonds. The van der Waals surface area contributed by atoms with Crippen LogP contribution in [0.5, 0.6) is 5.75 Å². The molecular formula is C12H14N4O4S. The average molecular weight is 310 g/mol. The number of carbonyl (C=O) groups excluding carboxylic acids is 1. The van der Waals surface area contributed by atoms with Gasteiger partial charge in [-0.3, -0.25) is 14.9 Å². The molecular weight excluding hydrogens is 296 g/mol. The van der Waals surface area contributed by atoms with Crippen LogP contribution in [0.15, 0.2) is 22.6 Å². The molecule has 0 spiro atoms. The fraction of sp³-hybridized carbons (Fsp3) is 0.333. The maximum absolute atomic E-state index is 12.2. The Hall–Kier alpha value is -2.26. The van der Waals surface area contributed by atoms with Crippen molar-refractivity contribution in [2.24, 2.45) is 7.05 Å². The van der Waals surface area contributed by atoms with Crippen molar-refractivity contribution in [2.75, 3.05) is 25.6 Å². The molecule has 0 fully saturated rings. The summed E-state index contributed by atoms with van der Waals surface area (Å²) in [5.41, 5.74) is 1.48. The first-order valence-corrected chi connectivity index (χ1v) is 6.89. The first-order valence-electron chi connectivity index (χ1n) is 6.01. The highest BCUT2D eigenvalue weighted by molar-refractivity contribution is 7.13. The fourth-order valence-corrected chi connectivity index (χ4v) is 1.97. The van der Waals surface area contributed by atoms with Gasteiger partial charge in [0.05, 0.1) is 12.2 Å².